The summed E-state index contributed by atoms with van der Waals surface area (Å²) < 4.78 is 30.2. The average molecular weight is 514 g/mol. The van der Waals surface area contributed by atoms with Crippen molar-refractivity contribution in [2.75, 3.05) is 28.1 Å². The van der Waals surface area contributed by atoms with Crippen LogP contribution in [0.4, 0.5) is 0 Å². The van der Waals surface area contributed by atoms with Gasteiger partial charge in [0.25, 0.3) is 0 Å². The molecule has 0 aliphatic carbocycles. The van der Waals surface area contributed by atoms with E-state index in [-0.39, 0.29) is 19.1 Å². The quantitative estimate of drug-likeness (QED) is 0.377. The lowest BCUT2D eigenvalue weighted by Gasteiger charge is -2.21. The van der Waals surface area contributed by atoms with E-state index in [1.807, 2.05) is 36.4 Å². The van der Waals surface area contributed by atoms with Gasteiger partial charge < -0.3 is 29.0 Å². The van der Waals surface area contributed by atoms with Crippen molar-refractivity contribution in [3.63, 3.8) is 0 Å². The van der Waals surface area contributed by atoms with Gasteiger partial charge in [-0.15, -0.1) is 0 Å². The Morgan fingerprint density at radius 2 is 1.74 bits per heavy atom. The molecule has 194 valence electrons. The first-order chi connectivity index (χ1) is 18.6. The molecular weight excluding hydrogens is 484 g/mol. The summed E-state index contributed by atoms with van der Waals surface area (Å²) in [5.74, 6) is 3.54. The largest absolute Gasteiger partial charge is 0.497 e. The molecule has 2 aliphatic heterocycles. The van der Waals surface area contributed by atoms with Gasteiger partial charge in [-0.3, -0.25) is 4.79 Å². The van der Waals surface area contributed by atoms with Gasteiger partial charge in [-0.25, -0.2) is 0 Å². The highest BCUT2D eigenvalue weighted by atomic mass is 16.7. The summed E-state index contributed by atoms with van der Waals surface area (Å²) in [5, 5.41) is 5.08. The summed E-state index contributed by atoms with van der Waals surface area (Å²) in [5.41, 5.74) is 5.25. The van der Waals surface area contributed by atoms with Gasteiger partial charge in [-0.05, 0) is 47.5 Å². The number of ether oxygens (including phenoxy) is 5. The molecule has 0 saturated carbocycles. The van der Waals surface area contributed by atoms with Gasteiger partial charge >= 0.3 is 0 Å². The monoisotopic (exact) mass is 513 g/mol. The minimum Gasteiger partial charge on any atom is -0.497 e. The number of aryl methyl sites for hydroxylation is 2. The summed E-state index contributed by atoms with van der Waals surface area (Å²) in [7, 11) is 4.91. The third-order valence-electron chi connectivity index (χ3n) is 7.23. The molecule has 8 nitrogen and oxygen atoms in total. The van der Waals surface area contributed by atoms with Crippen LogP contribution in [0.3, 0.4) is 0 Å². The van der Waals surface area contributed by atoms with Crippen LogP contribution < -0.4 is 33.6 Å². The normalized spacial score (nSPS) is 13.0. The zero-order valence-corrected chi connectivity index (χ0v) is 21.6. The Bertz CT molecular complexity index is 1550. The molecule has 0 atom stereocenters. The Hall–Kier alpha value is -4.46. The van der Waals surface area contributed by atoms with Crippen LogP contribution in [0.5, 0.6) is 28.7 Å². The average Bonchev–Trinajstić information content (AvgIpc) is 3.41. The van der Waals surface area contributed by atoms with Crippen LogP contribution in [0.25, 0.3) is 22.0 Å². The second-order valence-corrected chi connectivity index (χ2v) is 9.33. The molecule has 8 heteroatoms. The van der Waals surface area contributed by atoms with Gasteiger partial charge in [-0.2, -0.15) is 4.57 Å². The molecule has 0 radical (unpaired) electrons. The zero-order valence-electron chi connectivity index (χ0n) is 21.6. The fourth-order valence-corrected chi connectivity index (χ4v) is 5.37. The fourth-order valence-electron chi connectivity index (χ4n) is 5.37. The molecule has 1 amide bonds. The predicted molar refractivity (Wildman–Crippen MR) is 141 cm³/mol. The molecule has 3 aromatic carbocycles. The van der Waals surface area contributed by atoms with Crippen LogP contribution in [0.2, 0.25) is 0 Å². The zero-order chi connectivity index (χ0) is 26.2. The van der Waals surface area contributed by atoms with E-state index >= 15 is 0 Å². The summed E-state index contributed by atoms with van der Waals surface area (Å²) in [6.45, 7) is 1.36. The van der Waals surface area contributed by atoms with Crippen LogP contribution >= 0.6 is 0 Å². The van der Waals surface area contributed by atoms with Crippen molar-refractivity contribution in [3.05, 3.63) is 71.4 Å². The second-order valence-electron chi connectivity index (χ2n) is 9.33. The molecule has 0 saturated heterocycles. The molecule has 1 aromatic heterocycles. The minimum absolute atomic E-state index is 0.0619. The van der Waals surface area contributed by atoms with Crippen LogP contribution in [0.1, 0.15) is 16.7 Å². The van der Waals surface area contributed by atoms with Crippen molar-refractivity contribution >= 4 is 16.7 Å². The van der Waals surface area contributed by atoms with Crippen molar-refractivity contribution in [2.24, 2.45) is 0 Å². The van der Waals surface area contributed by atoms with E-state index in [1.165, 1.54) is 5.56 Å². The molecule has 1 N–H and O–H groups in total. The molecule has 2 aliphatic rings. The predicted octanol–water partition coefficient (Wildman–Crippen LogP) is 3.96. The van der Waals surface area contributed by atoms with Crippen LogP contribution in [-0.4, -0.2) is 34.0 Å². The molecule has 3 heterocycles. The minimum atomic E-state index is -0.0619. The van der Waals surface area contributed by atoms with Crippen molar-refractivity contribution in [1.82, 2.24) is 5.32 Å². The number of nitrogens with zero attached hydrogens (tertiary/aromatic N) is 1. The number of carbonyl (C=O) groups is 1. The number of aromatic nitrogens is 1. The fraction of sp³-hybridized carbons (Fsp3) is 0.267. The Morgan fingerprint density at radius 3 is 2.47 bits per heavy atom. The third kappa shape index (κ3) is 4.12. The molecule has 0 bridgehead atoms. The van der Waals surface area contributed by atoms with E-state index in [2.05, 4.69) is 28.2 Å². The number of fused-ring (bicyclic) bond motifs is 5. The van der Waals surface area contributed by atoms with Gasteiger partial charge in [-0.1, -0.05) is 12.1 Å². The van der Waals surface area contributed by atoms with Crippen molar-refractivity contribution in [3.8, 4) is 40.0 Å². The van der Waals surface area contributed by atoms with Crippen molar-refractivity contribution in [2.45, 2.75) is 25.9 Å². The van der Waals surface area contributed by atoms with Gasteiger partial charge in [0.2, 0.25) is 18.4 Å². The van der Waals surface area contributed by atoms with E-state index in [1.54, 1.807) is 21.3 Å². The van der Waals surface area contributed by atoms with Gasteiger partial charge in [0.1, 0.15) is 5.75 Å². The molecule has 6 rings (SSSR count). The standard InChI is InChI=1S/C30H28N2O6/c1-34-20-6-4-18(5-7-20)12-28(33)31-15-23-21-8-9-25(35-2)30(36-3)24(21)16-32-11-10-19-13-26-27(38-17-37-26)14-22(19)29(23)32/h4-9,13-14,16H,10-12,15,17H2,1-3H3/p+1. The maximum Gasteiger partial charge on any atom is 0.231 e. The van der Waals surface area contributed by atoms with E-state index in [0.29, 0.717) is 18.0 Å². The Labute approximate surface area is 220 Å². The lowest BCUT2D eigenvalue weighted by molar-refractivity contribution is -0.686. The Morgan fingerprint density at radius 1 is 0.947 bits per heavy atom. The highest BCUT2D eigenvalue weighted by Crippen LogP contribution is 2.43. The molecule has 38 heavy (non-hydrogen) atoms. The van der Waals surface area contributed by atoms with Crippen LogP contribution in [-0.2, 0) is 30.7 Å². The van der Waals surface area contributed by atoms with Gasteiger partial charge in [0.15, 0.2) is 35.7 Å². The molecule has 0 spiro atoms. The number of carbonyl (C=O) groups excluding carboxylic acids is 1. The number of benzene rings is 3. The summed E-state index contributed by atoms with van der Waals surface area (Å²) in [6, 6.07) is 15.6. The van der Waals surface area contributed by atoms with Crippen LogP contribution in [0.15, 0.2) is 54.7 Å². The lowest BCUT2D eigenvalue weighted by Crippen LogP contribution is -2.42. The SMILES string of the molecule is COc1ccc(CC(=O)NCc2c3[n+](cc4c(OC)c(OC)ccc24)CCc2cc4c(cc2-3)OCO4)cc1. The van der Waals surface area contributed by atoms with E-state index in [4.69, 9.17) is 23.7 Å². The maximum absolute atomic E-state index is 13.0. The molecule has 0 fully saturated rings. The van der Waals surface area contributed by atoms with E-state index in [0.717, 1.165) is 63.4 Å². The van der Waals surface area contributed by atoms with E-state index < -0.39 is 0 Å². The number of methoxy groups -OCH3 is 3. The van der Waals surface area contributed by atoms with E-state index in [9.17, 15) is 4.79 Å². The maximum atomic E-state index is 13.0. The number of rotatable bonds is 7. The number of hydrogen-bond donors (Lipinski definition) is 1. The van der Waals surface area contributed by atoms with Gasteiger partial charge in [0, 0.05) is 18.4 Å². The second kappa shape index (κ2) is 9.78. The Balaban J connectivity index is 1.43. The van der Waals surface area contributed by atoms with Crippen LogP contribution in [0, 0.1) is 0 Å². The number of pyridine rings is 1. The highest BCUT2D eigenvalue weighted by Gasteiger charge is 2.32. The first kappa shape index (κ1) is 23.9. The first-order valence-electron chi connectivity index (χ1n) is 12.5. The third-order valence-corrected chi connectivity index (χ3v) is 7.23. The smallest absolute Gasteiger partial charge is 0.231 e. The first-order valence-corrected chi connectivity index (χ1v) is 12.5. The highest BCUT2D eigenvalue weighted by molar-refractivity contribution is 5.95. The summed E-state index contributed by atoms with van der Waals surface area (Å²) >= 11 is 0. The van der Waals surface area contributed by atoms with Crippen molar-refractivity contribution in [1.29, 1.82) is 0 Å². The van der Waals surface area contributed by atoms with Gasteiger partial charge in [0.05, 0.1) is 44.3 Å². The Kier molecular flexibility index (Phi) is 6.15. The molecular formula is C30H29N2O6+. The molecule has 0 unspecified atom stereocenters. The topological polar surface area (TPSA) is 79.1 Å². The number of hydrogen-bond acceptors (Lipinski definition) is 6. The summed E-state index contributed by atoms with van der Waals surface area (Å²) in [6.07, 6.45) is 3.24. The lowest BCUT2D eigenvalue weighted by atomic mass is 9.91. The number of amides is 1. The summed E-state index contributed by atoms with van der Waals surface area (Å²) in [4.78, 5) is 13.0. The number of nitrogens with one attached hydrogen (secondary N) is 1. The van der Waals surface area contributed by atoms with Crippen molar-refractivity contribution < 1.29 is 33.0 Å². The molecule has 4 aromatic rings.